The smallest absolute Gasteiger partial charge is 0.222 e. The number of hydrogen-bond acceptors (Lipinski definition) is 4. The van der Waals surface area contributed by atoms with Crippen LogP contribution in [0.25, 0.3) is 22.1 Å². The van der Waals surface area contributed by atoms with Gasteiger partial charge in [-0.15, -0.1) is 0 Å². The van der Waals surface area contributed by atoms with Gasteiger partial charge in [0, 0.05) is 34.9 Å². The Kier molecular flexibility index (Phi) is 2.91. The third-order valence-electron chi connectivity index (χ3n) is 2.86. The van der Waals surface area contributed by atoms with Crippen molar-refractivity contribution in [1.29, 1.82) is 0 Å². The molecule has 4 nitrogen and oxygen atoms in total. The maximum Gasteiger partial charge on any atom is 0.222 e. The quantitative estimate of drug-likeness (QED) is 0.773. The van der Waals surface area contributed by atoms with Crippen molar-refractivity contribution in [3.05, 3.63) is 42.9 Å². The number of aromatic nitrogens is 2. The van der Waals surface area contributed by atoms with Gasteiger partial charge in [-0.3, -0.25) is 0 Å². The van der Waals surface area contributed by atoms with E-state index in [0.29, 0.717) is 12.0 Å². The number of nitrogens with one attached hydrogen (secondary N) is 1. The molecule has 0 aliphatic carbocycles. The van der Waals surface area contributed by atoms with Gasteiger partial charge in [0.05, 0.1) is 6.26 Å². The molecule has 0 aliphatic heterocycles. The topological polar surface area (TPSA) is 51.0 Å². The lowest BCUT2D eigenvalue weighted by Gasteiger charge is -2.07. The fraction of sp³-hybridized carbons (Fsp3) is 0.200. The van der Waals surface area contributed by atoms with Crippen LogP contribution >= 0.6 is 0 Å². The van der Waals surface area contributed by atoms with E-state index < -0.39 is 0 Å². The maximum atomic E-state index is 5.53. The van der Waals surface area contributed by atoms with Crippen molar-refractivity contribution < 1.29 is 4.42 Å². The third-order valence-corrected chi connectivity index (χ3v) is 2.86. The number of rotatable bonds is 3. The monoisotopic (exact) mass is 253 g/mol. The largest absolute Gasteiger partial charge is 0.464 e. The summed E-state index contributed by atoms with van der Waals surface area (Å²) in [6.07, 6.45) is 5.38. The minimum Gasteiger partial charge on any atom is -0.464 e. The third kappa shape index (κ3) is 2.29. The molecule has 0 radical (unpaired) electrons. The first-order chi connectivity index (χ1) is 9.24. The molecule has 0 saturated heterocycles. The van der Waals surface area contributed by atoms with E-state index in [0.717, 1.165) is 22.1 Å². The fourth-order valence-electron chi connectivity index (χ4n) is 2.00. The van der Waals surface area contributed by atoms with Gasteiger partial charge in [0.15, 0.2) is 0 Å². The van der Waals surface area contributed by atoms with Crippen LogP contribution in [0.1, 0.15) is 13.8 Å². The Hall–Kier alpha value is -2.36. The molecule has 3 aromatic rings. The Morgan fingerprint density at radius 3 is 2.58 bits per heavy atom. The van der Waals surface area contributed by atoms with E-state index in [1.807, 2.05) is 36.7 Å². The first-order valence-corrected chi connectivity index (χ1v) is 6.29. The fourth-order valence-corrected chi connectivity index (χ4v) is 2.00. The van der Waals surface area contributed by atoms with Gasteiger partial charge >= 0.3 is 0 Å². The number of para-hydroxylation sites is 1. The van der Waals surface area contributed by atoms with Crippen LogP contribution < -0.4 is 5.32 Å². The van der Waals surface area contributed by atoms with Gasteiger partial charge < -0.3 is 9.73 Å². The maximum absolute atomic E-state index is 5.53. The lowest BCUT2D eigenvalue weighted by Crippen LogP contribution is -2.12. The van der Waals surface area contributed by atoms with Crippen molar-refractivity contribution in [2.24, 2.45) is 0 Å². The SMILES string of the molecule is CC(C)Nc1ncc(-c2coc3ccccc23)cn1. The first kappa shape index (κ1) is 11.7. The first-order valence-electron chi connectivity index (χ1n) is 6.29. The second-order valence-corrected chi connectivity index (χ2v) is 4.74. The van der Waals surface area contributed by atoms with Gasteiger partial charge in [0.2, 0.25) is 5.95 Å². The van der Waals surface area contributed by atoms with E-state index in [9.17, 15) is 0 Å². The number of fused-ring (bicyclic) bond motifs is 1. The Balaban J connectivity index is 1.98. The van der Waals surface area contributed by atoms with Crippen molar-refractivity contribution in [3.63, 3.8) is 0 Å². The second-order valence-electron chi connectivity index (χ2n) is 4.74. The molecule has 19 heavy (non-hydrogen) atoms. The summed E-state index contributed by atoms with van der Waals surface area (Å²) in [4.78, 5) is 8.64. The number of anilines is 1. The minimum atomic E-state index is 0.320. The van der Waals surface area contributed by atoms with E-state index >= 15 is 0 Å². The standard InChI is InChI=1S/C15H15N3O/c1-10(2)18-15-16-7-11(8-17-15)13-9-19-14-6-4-3-5-12(13)14/h3-10H,1-2H3,(H,16,17,18). The zero-order valence-electron chi connectivity index (χ0n) is 10.9. The van der Waals surface area contributed by atoms with Crippen molar-refractivity contribution in [1.82, 2.24) is 9.97 Å². The van der Waals surface area contributed by atoms with Crippen LogP contribution in [0.3, 0.4) is 0 Å². The van der Waals surface area contributed by atoms with Crippen LogP contribution in [0.5, 0.6) is 0 Å². The van der Waals surface area contributed by atoms with Crippen LogP contribution in [-0.2, 0) is 0 Å². The van der Waals surface area contributed by atoms with Gasteiger partial charge in [-0.05, 0) is 19.9 Å². The van der Waals surface area contributed by atoms with Crippen LogP contribution in [-0.4, -0.2) is 16.0 Å². The normalized spacial score (nSPS) is 11.1. The van der Waals surface area contributed by atoms with Gasteiger partial charge in [0.1, 0.15) is 5.58 Å². The molecule has 0 aliphatic rings. The van der Waals surface area contributed by atoms with Gasteiger partial charge in [-0.1, -0.05) is 18.2 Å². The summed E-state index contributed by atoms with van der Waals surface area (Å²) in [6, 6.07) is 8.27. The lowest BCUT2D eigenvalue weighted by molar-refractivity contribution is 0.617. The van der Waals surface area contributed by atoms with Crippen LogP contribution in [0.2, 0.25) is 0 Å². The average molecular weight is 253 g/mol. The van der Waals surface area contributed by atoms with Crippen LogP contribution in [0.15, 0.2) is 47.3 Å². The number of nitrogens with zero attached hydrogens (tertiary/aromatic N) is 2. The molecule has 1 N–H and O–H groups in total. The molecule has 2 aromatic heterocycles. The molecule has 0 fully saturated rings. The summed E-state index contributed by atoms with van der Waals surface area (Å²) < 4.78 is 5.53. The molecule has 0 amide bonds. The molecule has 0 saturated carbocycles. The predicted octanol–water partition coefficient (Wildman–Crippen LogP) is 3.71. The van der Waals surface area contributed by atoms with E-state index in [4.69, 9.17) is 4.42 Å². The van der Waals surface area contributed by atoms with Crippen LogP contribution in [0.4, 0.5) is 5.95 Å². The van der Waals surface area contributed by atoms with Crippen molar-refractivity contribution >= 4 is 16.9 Å². The van der Waals surface area contributed by atoms with Crippen LogP contribution in [0, 0.1) is 0 Å². The number of furan rings is 1. The highest BCUT2D eigenvalue weighted by Crippen LogP contribution is 2.29. The molecular formula is C15H15N3O. The second kappa shape index (κ2) is 4.72. The van der Waals surface area contributed by atoms with Gasteiger partial charge in [-0.2, -0.15) is 0 Å². The highest BCUT2D eigenvalue weighted by Gasteiger charge is 2.08. The Bertz CT molecular complexity index is 686. The molecule has 96 valence electrons. The summed E-state index contributed by atoms with van der Waals surface area (Å²) in [6.45, 7) is 4.11. The van der Waals surface area contributed by atoms with E-state index in [1.165, 1.54) is 0 Å². The molecule has 0 bridgehead atoms. The predicted molar refractivity (Wildman–Crippen MR) is 76.0 cm³/mol. The Morgan fingerprint density at radius 1 is 1.11 bits per heavy atom. The number of hydrogen-bond donors (Lipinski definition) is 1. The van der Waals surface area contributed by atoms with E-state index in [1.54, 1.807) is 6.26 Å². The summed E-state index contributed by atoms with van der Waals surface area (Å²) in [5, 5.41) is 4.25. The summed E-state index contributed by atoms with van der Waals surface area (Å²) in [5.41, 5.74) is 2.85. The summed E-state index contributed by atoms with van der Waals surface area (Å²) >= 11 is 0. The average Bonchev–Trinajstić information content (AvgIpc) is 2.83. The molecule has 0 atom stereocenters. The zero-order chi connectivity index (χ0) is 13.2. The summed E-state index contributed by atoms with van der Waals surface area (Å²) in [5.74, 6) is 0.645. The lowest BCUT2D eigenvalue weighted by atomic mass is 10.1. The van der Waals surface area contributed by atoms with Crippen molar-refractivity contribution in [2.45, 2.75) is 19.9 Å². The molecule has 0 spiro atoms. The van der Waals surface area contributed by atoms with Crippen molar-refractivity contribution in [2.75, 3.05) is 5.32 Å². The summed E-state index contributed by atoms with van der Waals surface area (Å²) in [7, 11) is 0. The van der Waals surface area contributed by atoms with E-state index in [-0.39, 0.29) is 0 Å². The zero-order valence-corrected chi connectivity index (χ0v) is 10.9. The minimum absolute atomic E-state index is 0.320. The van der Waals surface area contributed by atoms with E-state index in [2.05, 4.69) is 29.1 Å². The Morgan fingerprint density at radius 2 is 1.84 bits per heavy atom. The number of benzene rings is 1. The molecule has 1 aromatic carbocycles. The molecule has 0 unspecified atom stereocenters. The molecule has 4 heteroatoms. The molecular weight excluding hydrogens is 238 g/mol. The van der Waals surface area contributed by atoms with Gasteiger partial charge in [0.25, 0.3) is 0 Å². The molecule has 2 heterocycles. The van der Waals surface area contributed by atoms with Crippen molar-refractivity contribution in [3.8, 4) is 11.1 Å². The highest BCUT2D eigenvalue weighted by molar-refractivity contribution is 5.93. The highest BCUT2D eigenvalue weighted by atomic mass is 16.3. The van der Waals surface area contributed by atoms with Gasteiger partial charge in [-0.25, -0.2) is 9.97 Å². The Labute approximate surface area is 111 Å². The molecule has 3 rings (SSSR count).